The van der Waals surface area contributed by atoms with Crippen LogP contribution in [0.15, 0.2) is 48.7 Å². The summed E-state index contributed by atoms with van der Waals surface area (Å²) in [5.74, 6) is 1.23. The number of hydrogen-bond donors (Lipinski definition) is 3. The first-order valence-electron chi connectivity index (χ1n) is 26.9. The van der Waals surface area contributed by atoms with Crippen LogP contribution in [0, 0.1) is 35.3 Å². The molecule has 75 heavy (non-hydrogen) atoms. The summed E-state index contributed by atoms with van der Waals surface area (Å²) in [5, 5.41) is 23.7. The quantitative estimate of drug-likeness (QED) is 0.100. The molecule has 16 nitrogen and oxygen atoms in total. The average Bonchev–Trinajstić information content (AvgIpc) is 3.98. The van der Waals surface area contributed by atoms with Crippen molar-refractivity contribution in [2.75, 3.05) is 70.4 Å². The van der Waals surface area contributed by atoms with Crippen molar-refractivity contribution in [3.63, 3.8) is 0 Å². The zero-order valence-corrected chi connectivity index (χ0v) is 42.2. The molecular formula is C57H61F2N11O5. The number of aromatic nitrogens is 5. The topological polar surface area (TPSA) is 174 Å². The van der Waals surface area contributed by atoms with Gasteiger partial charge in [0.25, 0.3) is 0 Å². The minimum absolute atomic E-state index is 0.0345. The Hall–Kier alpha value is -6.81. The van der Waals surface area contributed by atoms with E-state index in [1.54, 1.807) is 6.20 Å². The van der Waals surface area contributed by atoms with Crippen LogP contribution < -0.4 is 20.3 Å². The third kappa shape index (κ3) is 8.79. The summed E-state index contributed by atoms with van der Waals surface area (Å²) in [5.41, 5.74) is 2.91. The van der Waals surface area contributed by atoms with E-state index in [4.69, 9.17) is 26.2 Å². The lowest BCUT2D eigenvalue weighted by atomic mass is 9.77. The number of pyridine rings is 1. The third-order valence-electron chi connectivity index (χ3n) is 17.8. The van der Waals surface area contributed by atoms with Crippen LogP contribution in [0.2, 0.25) is 0 Å². The number of carbonyl (C=O) groups is 3. The summed E-state index contributed by atoms with van der Waals surface area (Å²) in [4.78, 5) is 61.8. The highest BCUT2D eigenvalue weighted by Gasteiger charge is 2.47. The highest BCUT2D eigenvalue weighted by Crippen LogP contribution is 2.47. The van der Waals surface area contributed by atoms with Gasteiger partial charge in [0.2, 0.25) is 17.7 Å². The number of aryl methyl sites for hydroxylation is 1. The van der Waals surface area contributed by atoms with Crippen molar-refractivity contribution >= 4 is 56.1 Å². The standard InChI is InChI=1S/C57H61F2N11O5/c1-3-40-45(58)10-5-34-24-39(71)26-43(48(34)40)51-49(59)52-44(27-60-51)53(70-28-36-6-7-37(29-70)61-36)64-56(63-52)75-31-57(14-15-57)30-67-18-20-68(21-19-67)38-22-35(23-38)55(74)69-16-12-32(13-17-69)33-4-8-41-46(25-33)66(2)65-50(41)42-9-11-47(72)62-54(42)73/h1,4-5,8,10,24-27,32,35-38,42,61,71H,6-7,9,11-23,28-31H2,2H3,(H,62,72,73). The number of rotatable bonds is 11. The summed E-state index contributed by atoms with van der Waals surface area (Å²) in [6, 6.07) is 13.1. The first kappa shape index (κ1) is 47.9. The molecule has 8 heterocycles. The number of halogens is 2. The van der Waals surface area contributed by atoms with E-state index < -0.39 is 17.6 Å². The molecule has 7 fully saturated rings. The first-order valence-corrected chi connectivity index (χ1v) is 26.9. The Morgan fingerprint density at radius 3 is 2.44 bits per heavy atom. The van der Waals surface area contributed by atoms with E-state index >= 15 is 8.78 Å². The smallest absolute Gasteiger partial charge is 0.319 e. The van der Waals surface area contributed by atoms with Crippen molar-refractivity contribution < 1.29 is 33.0 Å². The van der Waals surface area contributed by atoms with Crippen molar-refractivity contribution in [1.29, 1.82) is 0 Å². The Labute approximate surface area is 433 Å². The fraction of sp³-hybridized carbons (Fsp3) is 0.491. The van der Waals surface area contributed by atoms with E-state index in [0.717, 1.165) is 114 Å². The molecule has 2 saturated carbocycles. The zero-order chi connectivity index (χ0) is 51.3. The van der Waals surface area contributed by atoms with Gasteiger partial charge < -0.3 is 29.9 Å². The molecule has 3 amide bonds. The Kier molecular flexibility index (Phi) is 12.0. The SMILES string of the molecule is C#Cc1c(F)ccc2cc(O)cc(-c3ncc4c(N5CC6CCC(C5)N6)nc(OCC5(CN6CCN(C7CC(C(=O)N8CCC(c9ccc%10c(C%11CCC(=O)NC%11=O)nn(C)c%10c9)CC8)C7)CC6)CC5)nc4c3F)c12. The Morgan fingerprint density at radius 2 is 1.71 bits per heavy atom. The summed E-state index contributed by atoms with van der Waals surface area (Å²) in [7, 11) is 1.90. The molecule has 3 unspecified atom stereocenters. The van der Waals surface area contributed by atoms with E-state index in [2.05, 4.69) is 59.3 Å². The molecule has 0 spiro atoms. The fourth-order valence-corrected chi connectivity index (χ4v) is 13.3. The normalized spacial score (nSPS) is 25.2. The van der Waals surface area contributed by atoms with Crippen LogP contribution in [0.5, 0.6) is 11.8 Å². The number of terminal acetylenes is 1. The second-order valence-electron chi connectivity index (χ2n) is 22.5. The highest BCUT2D eigenvalue weighted by molar-refractivity contribution is 6.04. The number of piperazine rings is 2. The van der Waals surface area contributed by atoms with E-state index in [9.17, 15) is 19.5 Å². The number of anilines is 1. The van der Waals surface area contributed by atoms with Crippen LogP contribution in [-0.4, -0.2) is 146 Å². The maximum Gasteiger partial charge on any atom is 0.319 e. The van der Waals surface area contributed by atoms with E-state index in [1.165, 1.54) is 29.8 Å². The molecule has 3 aromatic carbocycles. The number of carbonyl (C=O) groups excluding carboxylic acids is 3. The number of amides is 3. The molecule has 5 aliphatic heterocycles. The number of aromatic hydroxyl groups is 1. The number of fused-ring (bicyclic) bond motifs is 5. The molecular weight excluding hydrogens is 957 g/mol. The lowest BCUT2D eigenvalue weighted by Crippen LogP contribution is -2.57. The minimum Gasteiger partial charge on any atom is -0.508 e. The van der Waals surface area contributed by atoms with Crippen LogP contribution in [0.1, 0.15) is 92.9 Å². The highest BCUT2D eigenvalue weighted by atomic mass is 19.1. The van der Waals surface area contributed by atoms with Gasteiger partial charge in [0, 0.05) is 124 Å². The number of nitrogens with one attached hydrogen (secondary N) is 2. The van der Waals surface area contributed by atoms with Gasteiger partial charge in [-0.1, -0.05) is 24.1 Å². The lowest BCUT2D eigenvalue weighted by molar-refractivity contribution is -0.142. The van der Waals surface area contributed by atoms with Gasteiger partial charge in [0.05, 0.1) is 34.7 Å². The number of phenols is 1. The summed E-state index contributed by atoms with van der Waals surface area (Å²) >= 11 is 0. The van der Waals surface area contributed by atoms with Crippen LogP contribution >= 0.6 is 0 Å². The van der Waals surface area contributed by atoms with Crippen LogP contribution in [0.25, 0.3) is 43.8 Å². The monoisotopic (exact) mass is 1020 g/mol. The Bertz CT molecular complexity index is 3340. The predicted molar refractivity (Wildman–Crippen MR) is 278 cm³/mol. The molecule has 3 atom stereocenters. The van der Waals surface area contributed by atoms with Gasteiger partial charge >= 0.3 is 6.01 Å². The van der Waals surface area contributed by atoms with Crippen LogP contribution in [0.4, 0.5) is 14.6 Å². The number of phenolic OH excluding ortho intramolecular Hbond substituents is 1. The largest absolute Gasteiger partial charge is 0.508 e. The molecule has 5 saturated heterocycles. The second kappa shape index (κ2) is 18.8. The molecule has 0 radical (unpaired) electrons. The van der Waals surface area contributed by atoms with Crippen molar-refractivity contribution in [2.45, 2.75) is 94.2 Å². The van der Waals surface area contributed by atoms with Crippen molar-refractivity contribution in [3.8, 4) is 35.4 Å². The number of piperidine rings is 2. The predicted octanol–water partition coefficient (Wildman–Crippen LogP) is 6.12. The van der Waals surface area contributed by atoms with Crippen LogP contribution in [0.3, 0.4) is 0 Å². The molecule has 18 heteroatoms. The van der Waals surface area contributed by atoms with Gasteiger partial charge in [0.15, 0.2) is 5.82 Å². The summed E-state index contributed by atoms with van der Waals surface area (Å²) in [6.45, 7) is 7.94. The minimum atomic E-state index is -0.734. The molecule has 7 aliphatic rings. The van der Waals surface area contributed by atoms with Gasteiger partial charge in [-0.2, -0.15) is 15.1 Å². The summed E-state index contributed by atoms with van der Waals surface area (Å²) < 4.78 is 40.6. The average molecular weight is 1020 g/mol. The van der Waals surface area contributed by atoms with Gasteiger partial charge in [-0.3, -0.25) is 34.3 Å². The Morgan fingerprint density at radius 1 is 0.933 bits per heavy atom. The van der Waals surface area contributed by atoms with Crippen molar-refractivity contribution in [1.82, 2.24) is 50.1 Å². The number of likely N-dealkylation sites (tertiary alicyclic amines) is 1. The van der Waals surface area contributed by atoms with Gasteiger partial charge in [0.1, 0.15) is 28.6 Å². The lowest BCUT2D eigenvalue weighted by Gasteiger charge is -2.47. The molecule has 3 N–H and O–H groups in total. The molecule has 3 aromatic heterocycles. The Balaban J connectivity index is 0.625. The fourth-order valence-electron chi connectivity index (χ4n) is 13.3. The zero-order valence-electron chi connectivity index (χ0n) is 42.2. The van der Waals surface area contributed by atoms with Crippen LogP contribution in [-0.2, 0) is 21.4 Å². The maximum absolute atomic E-state index is 17.2. The molecule has 2 bridgehead atoms. The van der Waals surface area contributed by atoms with E-state index in [1.807, 2.05) is 11.7 Å². The number of nitrogens with zero attached hydrogens (tertiary/aromatic N) is 9. The van der Waals surface area contributed by atoms with Gasteiger partial charge in [-0.15, -0.1) is 6.42 Å². The molecule has 388 valence electrons. The molecule has 2 aliphatic carbocycles. The number of benzene rings is 3. The van der Waals surface area contributed by atoms with Crippen molar-refractivity contribution in [2.24, 2.45) is 18.4 Å². The molecule has 6 aromatic rings. The maximum atomic E-state index is 17.2. The van der Waals surface area contributed by atoms with E-state index in [0.29, 0.717) is 73.2 Å². The molecule has 13 rings (SSSR count). The first-order chi connectivity index (χ1) is 36.4. The van der Waals surface area contributed by atoms with Crippen molar-refractivity contribution in [3.05, 3.63) is 77.1 Å². The number of hydrogen-bond acceptors (Lipinski definition) is 13. The second-order valence-corrected chi connectivity index (χ2v) is 22.5. The van der Waals surface area contributed by atoms with E-state index in [-0.39, 0.29) is 68.5 Å². The number of ether oxygens (including phenoxy) is 1. The van der Waals surface area contributed by atoms with Gasteiger partial charge in [-0.05, 0) is 98.9 Å². The number of imide groups is 1. The summed E-state index contributed by atoms with van der Waals surface area (Å²) in [6.07, 6.45) is 15.8. The van der Waals surface area contributed by atoms with Gasteiger partial charge in [-0.25, -0.2) is 8.78 Å². The third-order valence-corrected chi connectivity index (χ3v) is 17.8.